The second kappa shape index (κ2) is 8.92. The van der Waals surface area contributed by atoms with Crippen molar-refractivity contribution in [3.05, 3.63) is 78.4 Å². The summed E-state index contributed by atoms with van der Waals surface area (Å²) in [5.41, 5.74) is 2.06. The maximum atomic E-state index is 13.5. The molecule has 3 aromatic carbocycles. The smallest absolute Gasteiger partial charge is 0.267 e. The average Bonchev–Trinajstić information content (AvgIpc) is 2.83. The number of fused-ring (bicyclic) bond motifs is 1. The summed E-state index contributed by atoms with van der Waals surface area (Å²) in [7, 11) is -2.42. The Bertz CT molecular complexity index is 1230. The highest BCUT2D eigenvalue weighted by Gasteiger charge is 2.37. The minimum absolute atomic E-state index is 0.102. The summed E-state index contributed by atoms with van der Waals surface area (Å²) in [6, 6.07) is 20.4. The maximum Gasteiger partial charge on any atom is 0.267 e. The molecule has 1 aliphatic rings. The third-order valence-corrected chi connectivity index (χ3v) is 7.12. The van der Waals surface area contributed by atoms with Crippen LogP contribution in [-0.4, -0.2) is 34.1 Å². The van der Waals surface area contributed by atoms with Gasteiger partial charge in [-0.3, -0.25) is 9.10 Å². The molecule has 0 aliphatic carbocycles. The van der Waals surface area contributed by atoms with E-state index in [2.05, 4.69) is 5.32 Å². The fourth-order valence-electron chi connectivity index (χ4n) is 3.61. The quantitative estimate of drug-likeness (QED) is 0.614. The molecule has 0 radical (unpaired) electrons. The number of hydrogen-bond acceptors (Lipinski definition) is 5. The molecule has 166 valence electrons. The van der Waals surface area contributed by atoms with Crippen molar-refractivity contribution in [2.24, 2.45) is 0 Å². The summed E-state index contributed by atoms with van der Waals surface area (Å²) < 4.78 is 39.2. The first kappa shape index (κ1) is 21.7. The van der Waals surface area contributed by atoms with Crippen LogP contribution in [0.5, 0.6) is 11.5 Å². The van der Waals surface area contributed by atoms with Crippen molar-refractivity contribution in [2.45, 2.75) is 24.3 Å². The topological polar surface area (TPSA) is 84.9 Å². The Balaban J connectivity index is 1.66. The lowest BCUT2D eigenvalue weighted by atomic mass is 10.1. The number of nitrogens with one attached hydrogen (secondary N) is 1. The van der Waals surface area contributed by atoms with Crippen LogP contribution in [0.25, 0.3) is 0 Å². The fourth-order valence-corrected chi connectivity index (χ4v) is 5.08. The highest BCUT2D eigenvalue weighted by Crippen LogP contribution is 2.37. The van der Waals surface area contributed by atoms with Gasteiger partial charge in [0.2, 0.25) is 0 Å². The Morgan fingerprint density at radius 1 is 1.06 bits per heavy atom. The highest BCUT2D eigenvalue weighted by atomic mass is 32.2. The summed E-state index contributed by atoms with van der Waals surface area (Å²) >= 11 is 0. The third kappa shape index (κ3) is 4.13. The zero-order valence-electron chi connectivity index (χ0n) is 17.8. The van der Waals surface area contributed by atoms with Crippen LogP contribution in [0.1, 0.15) is 12.5 Å². The molecule has 1 N–H and O–H groups in total. The lowest BCUT2D eigenvalue weighted by molar-refractivity contribution is -0.122. The van der Waals surface area contributed by atoms with Crippen LogP contribution in [0.3, 0.4) is 0 Å². The SMILES string of the molecule is CCc1ccccc1NC(=O)C1CN(S(=O)(=O)c2ccc(OC)cc2)c2ccccc2O1. The van der Waals surface area contributed by atoms with Crippen LogP contribution in [-0.2, 0) is 21.2 Å². The number of amides is 1. The Morgan fingerprint density at radius 3 is 2.47 bits per heavy atom. The number of benzene rings is 3. The van der Waals surface area contributed by atoms with Gasteiger partial charge in [0, 0.05) is 5.69 Å². The molecule has 7 nitrogen and oxygen atoms in total. The van der Waals surface area contributed by atoms with E-state index < -0.39 is 22.0 Å². The summed E-state index contributed by atoms with van der Waals surface area (Å²) in [6.45, 7) is 1.85. The first-order valence-electron chi connectivity index (χ1n) is 10.2. The van der Waals surface area contributed by atoms with Crippen molar-refractivity contribution in [1.82, 2.24) is 0 Å². The van der Waals surface area contributed by atoms with E-state index in [1.165, 1.54) is 23.5 Å². The Kier molecular flexibility index (Phi) is 6.05. The van der Waals surface area contributed by atoms with E-state index in [1.54, 1.807) is 36.4 Å². The fraction of sp³-hybridized carbons (Fsp3) is 0.208. The number of rotatable bonds is 6. The van der Waals surface area contributed by atoms with Crippen molar-refractivity contribution in [3.8, 4) is 11.5 Å². The molecule has 32 heavy (non-hydrogen) atoms. The van der Waals surface area contributed by atoms with Gasteiger partial charge in [0.25, 0.3) is 15.9 Å². The van der Waals surface area contributed by atoms with E-state index >= 15 is 0 Å². The van der Waals surface area contributed by atoms with E-state index in [-0.39, 0.29) is 11.4 Å². The summed E-state index contributed by atoms with van der Waals surface area (Å²) in [4.78, 5) is 13.2. The number of aryl methyl sites for hydroxylation is 1. The first-order valence-corrected chi connectivity index (χ1v) is 11.7. The molecule has 1 unspecified atom stereocenters. The number of nitrogens with zero attached hydrogens (tertiary/aromatic N) is 1. The molecule has 0 saturated carbocycles. The van der Waals surface area contributed by atoms with Gasteiger partial charge in [-0.05, 0) is 54.4 Å². The summed E-state index contributed by atoms with van der Waals surface area (Å²) in [6.07, 6.45) is -0.259. The summed E-state index contributed by atoms with van der Waals surface area (Å²) in [5.74, 6) is 0.480. The molecule has 0 bridgehead atoms. The second-order valence-electron chi connectivity index (χ2n) is 7.29. The van der Waals surface area contributed by atoms with Gasteiger partial charge in [0.15, 0.2) is 6.10 Å². The third-order valence-electron chi connectivity index (χ3n) is 5.33. The van der Waals surface area contributed by atoms with Crippen LogP contribution in [0, 0.1) is 0 Å². The second-order valence-corrected chi connectivity index (χ2v) is 9.15. The number of hydrogen-bond donors (Lipinski definition) is 1. The van der Waals surface area contributed by atoms with Crippen molar-refractivity contribution in [2.75, 3.05) is 23.3 Å². The number of methoxy groups -OCH3 is 1. The van der Waals surface area contributed by atoms with E-state index in [9.17, 15) is 13.2 Å². The zero-order chi connectivity index (χ0) is 22.7. The Hall–Kier alpha value is -3.52. The minimum Gasteiger partial charge on any atom is -0.497 e. The van der Waals surface area contributed by atoms with Crippen molar-refractivity contribution in [1.29, 1.82) is 0 Å². The molecule has 0 saturated heterocycles. The van der Waals surface area contributed by atoms with Crippen molar-refractivity contribution >= 4 is 27.3 Å². The number of carbonyl (C=O) groups excluding carboxylic acids is 1. The average molecular weight is 453 g/mol. The normalized spacial score (nSPS) is 15.4. The molecule has 1 aliphatic heterocycles. The molecule has 1 heterocycles. The molecule has 1 atom stereocenters. The highest BCUT2D eigenvalue weighted by molar-refractivity contribution is 7.92. The van der Waals surface area contributed by atoms with Crippen LogP contribution in [0.2, 0.25) is 0 Å². The lowest BCUT2D eigenvalue weighted by Crippen LogP contribution is -2.48. The predicted molar refractivity (Wildman–Crippen MR) is 123 cm³/mol. The predicted octanol–water partition coefficient (Wildman–Crippen LogP) is 3.85. The molecule has 3 aromatic rings. The zero-order valence-corrected chi connectivity index (χ0v) is 18.6. The molecule has 0 fully saturated rings. The monoisotopic (exact) mass is 452 g/mol. The van der Waals surface area contributed by atoms with Gasteiger partial charge in [0.1, 0.15) is 11.5 Å². The largest absolute Gasteiger partial charge is 0.497 e. The van der Waals surface area contributed by atoms with Crippen molar-refractivity contribution < 1.29 is 22.7 Å². The first-order chi connectivity index (χ1) is 15.4. The van der Waals surface area contributed by atoms with Gasteiger partial charge in [-0.1, -0.05) is 37.3 Å². The number of sulfonamides is 1. The van der Waals surface area contributed by atoms with Crippen LogP contribution in [0.15, 0.2) is 77.7 Å². The molecular formula is C24H24N2O5S. The van der Waals surface area contributed by atoms with E-state index in [0.29, 0.717) is 22.9 Å². The Labute approximate surface area is 187 Å². The molecule has 0 aromatic heterocycles. The van der Waals surface area contributed by atoms with E-state index in [0.717, 1.165) is 12.0 Å². The van der Waals surface area contributed by atoms with E-state index in [4.69, 9.17) is 9.47 Å². The van der Waals surface area contributed by atoms with Crippen LogP contribution < -0.4 is 19.1 Å². The van der Waals surface area contributed by atoms with Gasteiger partial charge >= 0.3 is 0 Å². The summed E-state index contributed by atoms with van der Waals surface area (Å²) in [5, 5.41) is 2.89. The molecule has 8 heteroatoms. The number of carbonyl (C=O) groups is 1. The lowest BCUT2D eigenvalue weighted by Gasteiger charge is -2.34. The maximum absolute atomic E-state index is 13.5. The van der Waals surface area contributed by atoms with E-state index in [1.807, 2.05) is 31.2 Å². The van der Waals surface area contributed by atoms with Gasteiger partial charge in [-0.2, -0.15) is 0 Å². The number of ether oxygens (including phenoxy) is 2. The molecular weight excluding hydrogens is 428 g/mol. The minimum atomic E-state index is -3.93. The van der Waals surface area contributed by atoms with Crippen LogP contribution in [0.4, 0.5) is 11.4 Å². The van der Waals surface area contributed by atoms with Crippen LogP contribution >= 0.6 is 0 Å². The molecule has 1 amide bonds. The Morgan fingerprint density at radius 2 is 1.75 bits per heavy atom. The van der Waals surface area contributed by atoms with Gasteiger partial charge in [-0.15, -0.1) is 0 Å². The number of anilines is 2. The van der Waals surface area contributed by atoms with Gasteiger partial charge in [-0.25, -0.2) is 8.42 Å². The van der Waals surface area contributed by atoms with Crippen molar-refractivity contribution in [3.63, 3.8) is 0 Å². The number of para-hydroxylation sites is 3. The standard InChI is InChI=1S/C24H24N2O5S/c1-3-17-8-4-5-9-20(17)25-24(27)23-16-26(21-10-6-7-11-22(21)31-23)32(28,29)19-14-12-18(30-2)13-15-19/h4-15,23H,3,16H2,1-2H3,(H,25,27). The molecule has 0 spiro atoms. The van der Waals surface area contributed by atoms with Gasteiger partial charge < -0.3 is 14.8 Å². The van der Waals surface area contributed by atoms with Gasteiger partial charge in [0.05, 0.1) is 24.2 Å². The molecule has 4 rings (SSSR count).